The number of halogens is 2. The van der Waals surface area contributed by atoms with Crippen molar-refractivity contribution in [3.63, 3.8) is 0 Å². The molecule has 1 aromatic rings. The molecule has 1 aliphatic heterocycles. The number of carbonyl (C=O) groups excluding carboxylic acids is 3. The monoisotopic (exact) mass is 314 g/mol. The van der Waals surface area contributed by atoms with Crippen LogP contribution in [0.3, 0.4) is 0 Å². The van der Waals surface area contributed by atoms with E-state index in [9.17, 15) is 18.8 Å². The zero-order chi connectivity index (χ0) is 15.4. The molecule has 8 heteroatoms. The molecule has 1 heterocycles. The van der Waals surface area contributed by atoms with E-state index in [4.69, 9.17) is 16.3 Å². The summed E-state index contributed by atoms with van der Waals surface area (Å²) in [6, 6.07) is 3.05. The summed E-state index contributed by atoms with van der Waals surface area (Å²) in [6.07, 6.45) is 0.590. The van der Waals surface area contributed by atoms with E-state index >= 15 is 0 Å². The minimum Gasteiger partial charge on any atom is -0.454 e. The van der Waals surface area contributed by atoms with Crippen LogP contribution in [-0.4, -0.2) is 30.4 Å². The Morgan fingerprint density at radius 2 is 2.24 bits per heavy atom. The van der Waals surface area contributed by atoms with E-state index in [0.29, 0.717) is 6.42 Å². The summed E-state index contributed by atoms with van der Waals surface area (Å²) in [5, 5.41) is 4.88. The largest absolute Gasteiger partial charge is 0.454 e. The highest BCUT2D eigenvalue weighted by Crippen LogP contribution is 2.18. The van der Waals surface area contributed by atoms with Gasteiger partial charge < -0.3 is 15.4 Å². The molecule has 112 valence electrons. The van der Waals surface area contributed by atoms with Gasteiger partial charge in [-0.25, -0.2) is 9.18 Å². The Bertz CT molecular complexity index is 594. The van der Waals surface area contributed by atoms with Gasteiger partial charge >= 0.3 is 5.97 Å². The quantitative estimate of drug-likeness (QED) is 0.819. The molecule has 1 aliphatic rings. The number of amides is 2. The fourth-order valence-corrected chi connectivity index (χ4v) is 1.96. The lowest BCUT2D eigenvalue weighted by atomic mass is 10.2. The second-order valence-electron chi connectivity index (χ2n) is 4.44. The van der Waals surface area contributed by atoms with Crippen molar-refractivity contribution >= 4 is 35.1 Å². The highest BCUT2D eigenvalue weighted by Gasteiger charge is 2.28. The van der Waals surface area contributed by atoms with Gasteiger partial charge in [-0.05, 0) is 24.6 Å². The molecule has 1 atom stereocenters. The van der Waals surface area contributed by atoms with Crippen LogP contribution in [0.4, 0.5) is 10.1 Å². The fraction of sp³-hybridized carbons (Fsp3) is 0.308. The Morgan fingerprint density at radius 1 is 1.48 bits per heavy atom. The minimum atomic E-state index is -0.724. The molecule has 1 aromatic carbocycles. The number of nitrogens with one attached hydrogen (secondary N) is 2. The zero-order valence-corrected chi connectivity index (χ0v) is 11.6. The van der Waals surface area contributed by atoms with Crippen molar-refractivity contribution < 1.29 is 23.5 Å². The van der Waals surface area contributed by atoms with E-state index in [1.807, 2.05) is 0 Å². The maximum absolute atomic E-state index is 13.4. The van der Waals surface area contributed by atoms with Gasteiger partial charge in [-0.1, -0.05) is 11.6 Å². The molecule has 0 radical (unpaired) electrons. The summed E-state index contributed by atoms with van der Waals surface area (Å²) in [5.41, 5.74) is -0.0605. The predicted octanol–water partition coefficient (Wildman–Crippen LogP) is 1.24. The van der Waals surface area contributed by atoms with Crippen LogP contribution in [0.15, 0.2) is 18.2 Å². The summed E-state index contributed by atoms with van der Waals surface area (Å²) < 4.78 is 18.2. The molecule has 1 fully saturated rings. The first-order valence-corrected chi connectivity index (χ1v) is 6.54. The molecule has 0 aromatic heterocycles. The summed E-state index contributed by atoms with van der Waals surface area (Å²) in [5.74, 6) is -2.30. The Hall–Kier alpha value is -2.15. The van der Waals surface area contributed by atoms with Crippen molar-refractivity contribution in [2.45, 2.75) is 18.9 Å². The van der Waals surface area contributed by atoms with Crippen molar-refractivity contribution in [2.24, 2.45) is 0 Å². The molecular formula is C13H12ClFN2O4. The van der Waals surface area contributed by atoms with Gasteiger partial charge in [-0.3, -0.25) is 9.59 Å². The van der Waals surface area contributed by atoms with Crippen LogP contribution in [0.1, 0.15) is 12.8 Å². The maximum Gasteiger partial charge on any atom is 0.329 e. The zero-order valence-electron chi connectivity index (χ0n) is 10.8. The SMILES string of the molecule is O=C(COC(=O)[C@@H]1CCC(=O)N1)Nc1ccc(Cl)cc1F. The predicted molar refractivity (Wildman–Crippen MR) is 72.2 cm³/mol. The summed E-state index contributed by atoms with van der Waals surface area (Å²) in [6.45, 7) is -0.562. The van der Waals surface area contributed by atoms with Crippen LogP contribution in [0.5, 0.6) is 0 Å². The van der Waals surface area contributed by atoms with Gasteiger partial charge in [-0.15, -0.1) is 0 Å². The van der Waals surface area contributed by atoms with Crippen LogP contribution in [0.2, 0.25) is 5.02 Å². The number of rotatable bonds is 4. The standard InChI is InChI=1S/C13H12ClFN2O4/c14-7-1-2-9(8(15)5-7)16-12(19)6-21-13(20)10-3-4-11(18)17-10/h1-2,5,10H,3-4,6H2,(H,16,19)(H,17,18)/t10-/m0/s1. The fourth-order valence-electron chi connectivity index (χ4n) is 1.81. The van der Waals surface area contributed by atoms with Crippen molar-refractivity contribution in [3.8, 4) is 0 Å². The van der Waals surface area contributed by atoms with E-state index in [1.165, 1.54) is 12.1 Å². The molecule has 2 rings (SSSR count). The van der Waals surface area contributed by atoms with Crippen molar-refractivity contribution in [2.75, 3.05) is 11.9 Å². The van der Waals surface area contributed by atoms with Gasteiger partial charge in [-0.2, -0.15) is 0 Å². The van der Waals surface area contributed by atoms with Gasteiger partial charge in [0.1, 0.15) is 11.9 Å². The number of anilines is 1. The third-order valence-electron chi connectivity index (χ3n) is 2.83. The van der Waals surface area contributed by atoms with E-state index in [2.05, 4.69) is 10.6 Å². The molecule has 6 nitrogen and oxygen atoms in total. The molecule has 0 bridgehead atoms. The molecule has 0 spiro atoms. The Kier molecular flexibility index (Phi) is 4.74. The van der Waals surface area contributed by atoms with E-state index in [0.717, 1.165) is 6.07 Å². The molecule has 2 amide bonds. The highest BCUT2D eigenvalue weighted by atomic mass is 35.5. The molecule has 1 saturated heterocycles. The second-order valence-corrected chi connectivity index (χ2v) is 4.88. The molecule has 0 aliphatic carbocycles. The van der Waals surface area contributed by atoms with E-state index in [1.54, 1.807) is 0 Å². The summed E-state index contributed by atoms with van der Waals surface area (Å²) >= 11 is 5.58. The average molecular weight is 315 g/mol. The van der Waals surface area contributed by atoms with Crippen molar-refractivity contribution in [3.05, 3.63) is 29.0 Å². The molecule has 2 N–H and O–H groups in total. The molecule has 0 unspecified atom stereocenters. The summed E-state index contributed by atoms with van der Waals surface area (Å²) in [7, 11) is 0. The first-order chi connectivity index (χ1) is 9.95. The van der Waals surface area contributed by atoms with Gasteiger partial charge in [0.2, 0.25) is 5.91 Å². The molecule has 21 heavy (non-hydrogen) atoms. The topological polar surface area (TPSA) is 84.5 Å². The van der Waals surface area contributed by atoms with Gasteiger partial charge in [0.05, 0.1) is 5.69 Å². The maximum atomic E-state index is 13.4. The highest BCUT2D eigenvalue weighted by molar-refractivity contribution is 6.30. The lowest BCUT2D eigenvalue weighted by molar-refractivity contribution is -0.149. The minimum absolute atomic E-state index is 0.0605. The number of ether oxygens (including phenoxy) is 1. The van der Waals surface area contributed by atoms with Gasteiger partial charge in [0.25, 0.3) is 5.91 Å². The first kappa shape index (κ1) is 15.2. The number of benzene rings is 1. The lowest BCUT2D eigenvalue weighted by Gasteiger charge is -2.10. The van der Waals surface area contributed by atoms with Gasteiger partial charge in [0, 0.05) is 11.4 Å². The Labute approximate surface area is 124 Å². The lowest BCUT2D eigenvalue weighted by Crippen LogP contribution is -2.36. The second kappa shape index (κ2) is 6.53. The smallest absolute Gasteiger partial charge is 0.329 e. The molecule has 0 saturated carbocycles. The third kappa shape index (κ3) is 4.16. The number of carbonyl (C=O) groups is 3. The van der Waals surface area contributed by atoms with Gasteiger partial charge in [0.15, 0.2) is 6.61 Å². The average Bonchev–Trinajstić information content (AvgIpc) is 2.86. The Balaban J connectivity index is 1.82. The van der Waals surface area contributed by atoms with E-state index < -0.39 is 30.3 Å². The van der Waals surface area contributed by atoms with Crippen molar-refractivity contribution in [1.82, 2.24) is 5.32 Å². The molecular weight excluding hydrogens is 303 g/mol. The third-order valence-corrected chi connectivity index (χ3v) is 3.07. The van der Waals surface area contributed by atoms with Crippen molar-refractivity contribution in [1.29, 1.82) is 0 Å². The van der Waals surface area contributed by atoms with Crippen LogP contribution in [0.25, 0.3) is 0 Å². The number of hydrogen-bond donors (Lipinski definition) is 2. The number of esters is 1. The number of hydrogen-bond acceptors (Lipinski definition) is 4. The van der Waals surface area contributed by atoms with E-state index in [-0.39, 0.29) is 23.0 Å². The Morgan fingerprint density at radius 3 is 2.86 bits per heavy atom. The van der Waals surface area contributed by atoms with Crippen LogP contribution >= 0.6 is 11.6 Å². The summed E-state index contributed by atoms with van der Waals surface area (Å²) in [4.78, 5) is 34.1. The van der Waals surface area contributed by atoms with Crippen LogP contribution < -0.4 is 10.6 Å². The first-order valence-electron chi connectivity index (χ1n) is 6.16. The van der Waals surface area contributed by atoms with Crippen LogP contribution in [-0.2, 0) is 19.1 Å². The normalized spacial score (nSPS) is 17.2. The van der Waals surface area contributed by atoms with Crippen LogP contribution in [0, 0.1) is 5.82 Å².